The SMILES string of the molecule is O=C(/C=C/c1cc(Br)ccc1F)N(CCO)Cc1ccccc1. The van der Waals surface area contributed by atoms with Gasteiger partial charge in [-0.1, -0.05) is 46.3 Å². The summed E-state index contributed by atoms with van der Waals surface area (Å²) in [4.78, 5) is 13.8. The Labute approximate surface area is 143 Å². The van der Waals surface area contributed by atoms with Gasteiger partial charge in [0.2, 0.25) is 5.91 Å². The maximum absolute atomic E-state index is 13.7. The summed E-state index contributed by atoms with van der Waals surface area (Å²) in [5.41, 5.74) is 1.30. The van der Waals surface area contributed by atoms with Crippen molar-refractivity contribution in [2.24, 2.45) is 0 Å². The van der Waals surface area contributed by atoms with Gasteiger partial charge in [0.1, 0.15) is 5.82 Å². The molecule has 0 saturated carbocycles. The summed E-state index contributed by atoms with van der Waals surface area (Å²) in [6.45, 7) is 0.488. The number of nitrogens with zero attached hydrogens (tertiary/aromatic N) is 1. The summed E-state index contributed by atoms with van der Waals surface area (Å²) in [6.07, 6.45) is 2.77. The van der Waals surface area contributed by atoms with E-state index in [-0.39, 0.29) is 19.1 Å². The van der Waals surface area contributed by atoms with E-state index in [1.54, 1.807) is 12.1 Å². The minimum Gasteiger partial charge on any atom is -0.395 e. The van der Waals surface area contributed by atoms with E-state index in [0.29, 0.717) is 12.1 Å². The Bertz CT molecular complexity index is 689. The van der Waals surface area contributed by atoms with Crippen LogP contribution < -0.4 is 0 Å². The molecule has 0 fully saturated rings. The van der Waals surface area contributed by atoms with Crippen LogP contribution >= 0.6 is 15.9 Å². The van der Waals surface area contributed by atoms with E-state index in [1.807, 2.05) is 30.3 Å². The van der Waals surface area contributed by atoms with Crippen molar-refractivity contribution in [3.05, 3.63) is 76.0 Å². The van der Waals surface area contributed by atoms with Gasteiger partial charge in [-0.2, -0.15) is 0 Å². The fraction of sp³-hybridized carbons (Fsp3) is 0.167. The molecule has 2 aromatic carbocycles. The molecular formula is C18H17BrFNO2. The third-order valence-electron chi connectivity index (χ3n) is 3.26. The first-order chi connectivity index (χ1) is 11.1. The van der Waals surface area contributed by atoms with Crippen LogP contribution in [0.4, 0.5) is 4.39 Å². The zero-order valence-electron chi connectivity index (χ0n) is 12.5. The summed E-state index contributed by atoms with van der Waals surface area (Å²) >= 11 is 3.27. The van der Waals surface area contributed by atoms with E-state index in [0.717, 1.165) is 10.0 Å². The molecule has 1 N–H and O–H groups in total. The van der Waals surface area contributed by atoms with Gasteiger partial charge in [0, 0.05) is 29.2 Å². The van der Waals surface area contributed by atoms with Crippen molar-refractivity contribution >= 4 is 27.9 Å². The third kappa shape index (κ3) is 5.30. The van der Waals surface area contributed by atoms with Crippen LogP contribution in [0, 0.1) is 5.82 Å². The van der Waals surface area contributed by atoms with Crippen molar-refractivity contribution in [3.8, 4) is 0 Å². The van der Waals surface area contributed by atoms with Crippen molar-refractivity contribution in [2.45, 2.75) is 6.54 Å². The van der Waals surface area contributed by atoms with Crippen molar-refractivity contribution in [1.29, 1.82) is 0 Å². The van der Waals surface area contributed by atoms with Gasteiger partial charge in [-0.05, 0) is 29.8 Å². The van der Waals surface area contributed by atoms with Crippen LogP contribution in [0.1, 0.15) is 11.1 Å². The number of rotatable bonds is 6. The number of carbonyl (C=O) groups is 1. The van der Waals surface area contributed by atoms with E-state index in [1.165, 1.54) is 23.1 Å². The largest absolute Gasteiger partial charge is 0.395 e. The Hall–Kier alpha value is -1.98. The molecule has 0 aliphatic heterocycles. The number of halogens is 2. The average molecular weight is 378 g/mol. The molecule has 0 saturated heterocycles. The highest BCUT2D eigenvalue weighted by atomic mass is 79.9. The molecule has 0 aliphatic rings. The van der Waals surface area contributed by atoms with Gasteiger partial charge in [0.05, 0.1) is 6.61 Å². The summed E-state index contributed by atoms with van der Waals surface area (Å²) in [5, 5.41) is 9.15. The molecule has 3 nitrogen and oxygen atoms in total. The van der Waals surface area contributed by atoms with E-state index < -0.39 is 5.82 Å². The third-order valence-corrected chi connectivity index (χ3v) is 3.75. The Morgan fingerprint density at radius 2 is 1.96 bits per heavy atom. The van der Waals surface area contributed by atoms with Crippen molar-refractivity contribution in [3.63, 3.8) is 0 Å². The minimum atomic E-state index is -0.394. The molecule has 120 valence electrons. The first-order valence-corrected chi connectivity index (χ1v) is 7.96. The Morgan fingerprint density at radius 1 is 1.22 bits per heavy atom. The number of hydrogen-bond donors (Lipinski definition) is 1. The van der Waals surface area contributed by atoms with Gasteiger partial charge in [0.15, 0.2) is 0 Å². The fourth-order valence-electron chi connectivity index (χ4n) is 2.10. The zero-order valence-corrected chi connectivity index (χ0v) is 14.0. The maximum atomic E-state index is 13.7. The lowest BCUT2D eigenvalue weighted by atomic mass is 10.2. The Balaban J connectivity index is 2.11. The van der Waals surface area contributed by atoms with E-state index in [9.17, 15) is 9.18 Å². The van der Waals surface area contributed by atoms with Gasteiger partial charge in [-0.3, -0.25) is 4.79 Å². The summed E-state index contributed by atoms with van der Waals surface area (Å²) in [6, 6.07) is 14.0. The van der Waals surface area contributed by atoms with E-state index in [4.69, 9.17) is 5.11 Å². The topological polar surface area (TPSA) is 40.5 Å². The minimum absolute atomic E-state index is 0.127. The number of hydrogen-bond acceptors (Lipinski definition) is 2. The second kappa shape index (κ2) is 8.60. The highest BCUT2D eigenvalue weighted by Crippen LogP contribution is 2.17. The smallest absolute Gasteiger partial charge is 0.246 e. The van der Waals surface area contributed by atoms with Crippen LogP contribution in [0.3, 0.4) is 0 Å². The van der Waals surface area contributed by atoms with Crippen LogP contribution in [0.2, 0.25) is 0 Å². The van der Waals surface area contributed by atoms with Crippen molar-refractivity contribution in [1.82, 2.24) is 4.90 Å². The van der Waals surface area contributed by atoms with Gasteiger partial charge in [0.25, 0.3) is 0 Å². The fourth-order valence-corrected chi connectivity index (χ4v) is 2.48. The predicted molar refractivity (Wildman–Crippen MR) is 92.1 cm³/mol. The Morgan fingerprint density at radius 3 is 2.65 bits per heavy atom. The number of aliphatic hydroxyl groups is 1. The Kier molecular flexibility index (Phi) is 6.50. The van der Waals surface area contributed by atoms with Crippen LogP contribution in [-0.4, -0.2) is 29.1 Å². The molecule has 2 aromatic rings. The molecule has 0 bridgehead atoms. The van der Waals surface area contributed by atoms with Crippen LogP contribution in [0.25, 0.3) is 6.08 Å². The van der Waals surface area contributed by atoms with Crippen LogP contribution in [0.5, 0.6) is 0 Å². The lowest BCUT2D eigenvalue weighted by Crippen LogP contribution is -2.31. The molecule has 1 amide bonds. The van der Waals surface area contributed by atoms with E-state index >= 15 is 0 Å². The van der Waals surface area contributed by atoms with Crippen molar-refractivity contribution < 1.29 is 14.3 Å². The molecule has 2 rings (SSSR count). The highest BCUT2D eigenvalue weighted by Gasteiger charge is 2.11. The molecule has 5 heteroatoms. The number of aliphatic hydroxyl groups excluding tert-OH is 1. The first-order valence-electron chi connectivity index (χ1n) is 7.17. The number of benzene rings is 2. The highest BCUT2D eigenvalue weighted by molar-refractivity contribution is 9.10. The van der Waals surface area contributed by atoms with Crippen LogP contribution in [0.15, 0.2) is 59.1 Å². The summed E-state index contributed by atoms with van der Waals surface area (Å²) in [7, 11) is 0. The van der Waals surface area contributed by atoms with Crippen LogP contribution in [-0.2, 0) is 11.3 Å². The van der Waals surface area contributed by atoms with Gasteiger partial charge in [-0.15, -0.1) is 0 Å². The molecule has 0 unspecified atom stereocenters. The average Bonchev–Trinajstić information content (AvgIpc) is 2.56. The molecule has 0 radical (unpaired) electrons. The summed E-state index contributed by atoms with van der Waals surface area (Å²) in [5.74, 6) is -0.670. The molecule has 0 atom stereocenters. The molecule has 0 aliphatic carbocycles. The normalized spacial score (nSPS) is 10.9. The van der Waals surface area contributed by atoms with Gasteiger partial charge in [-0.25, -0.2) is 4.39 Å². The predicted octanol–water partition coefficient (Wildman–Crippen LogP) is 3.62. The standard InChI is InChI=1S/C18H17BrFNO2/c19-16-7-8-17(20)15(12-16)6-9-18(23)21(10-11-22)13-14-4-2-1-3-5-14/h1-9,12,22H,10-11,13H2/b9-6+. The quantitative estimate of drug-likeness (QED) is 0.780. The molecular weight excluding hydrogens is 361 g/mol. The molecule has 0 heterocycles. The second-order valence-electron chi connectivity index (χ2n) is 4.97. The maximum Gasteiger partial charge on any atom is 0.246 e. The zero-order chi connectivity index (χ0) is 16.7. The number of carbonyl (C=O) groups excluding carboxylic acids is 1. The summed E-state index contributed by atoms with van der Waals surface area (Å²) < 4.78 is 14.4. The lowest BCUT2D eigenvalue weighted by Gasteiger charge is -2.20. The monoisotopic (exact) mass is 377 g/mol. The number of amides is 1. The molecule has 23 heavy (non-hydrogen) atoms. The van der Waals surface area contributed by atoms with Gasteiger partial charge >= 0.3 is 0 Å². The first kappa shape index (κ1) is 17.4. The van der Waals surface area contributed by atoms with Gasteiger partial charge < -0.3 is 10.0 Å². The lowest BCUT2D eigenvalue weighted by molar-refractivity contribution is -0.127. The second-order valence-corrected chi connectivity index (χ2v) is 5.88. The van der Waals surface area contributed by atoms with E-state index in [2.05, 4.69) is 15.9 Å². The van der Waals surface area contributed by atoms with Crippen molar-refractivity contribution in [2.75, 3.05) is 13.2 Å². The molecule has 0 spiro atoms. The molecule has 0 aromatic heterocycles.